The summed E-state index contributed by atoms with van der Waals surface area (Å²) in [7, 11) is 2.83. The standard InChI is InChI=1S/2C2H3N.2CN.Pt/c2*1-3-2;2*1-2;/h2*1H3;;;/q;;2*-1;+2. The molecule has 0 atom stereocenters. The van der Waals surface area contributed by atoms with E-state index in [0.717, 1.165) is 0 Å². The van der Waals surface area contributed by atoms with Crippen LogP contribution in [0.4, 0.5) is 0 Å². The van der Waals surface area contributed by atoms with E-state index in [1.807, 2.05) is 0 Å². The first kappa shape index (κ1) is 33.4. The quantitative estimate of drug-likeness (QED) is 0.628. The number of nitrogens with zero attached hydrogens (tertiary/aromatic N) is 4. The molecule has 0 aliphatic carbocycles. The third-order valence-corrected chi connectivity index (χ3v) is 0. The average Bonchev–Trinajstić information content (AvgIpc) is 1.99. The Morgan fingerprint density at radius 1 is 0.818 bits per heavy atom. The van der Waals surface area contributed by atoms with Gasteiger partial charge in [-0.25, -0.2) is 13.1 Å². The van der Waals surface area contributed by atoms with Gasteiger partial charge in [-0.1, -0.05) is 0 Å². The summed E-state index contributed by atoms with van der Waals surface area (Å²) in [5.74, 6) is 0. The first-order valence-corrected chi connectivity index (χ1v) is 1.79. The van der Waals surface area contributed by atoms with Crippen LogP contribution in [-0.4, -0.2) is 14.1 Å². The summed E-state index contributed by atoms with van der Waals surface area (Å²) in [6.45, 7) is 21.2. The maximum absolute atomic E-state index is 6.25. The summed E-state index contributed by atoms with van der Waals surface area (Å²) in [6.07, 6.45) is 0. The fourth-order valence-electron chi connectivity index (χ4n) is 0. The molecule has 0 unspecified atom stereocenters. The SMILES string of the molecule is [C-]#N.[C-]#N.[C-]#[N+]C.[C-]#[N+]C.[Pt+2]. The van der Waals surface area contributed by atoms with Crippen molar-refractivity contribution in [2.75, 3.05) is 14.1 Å². The Hall–Kier alpha value is -1.35. The van der Waals surface area contributed by atoms with Crippen LogP contribution in [0.25, 0.3) is 9.69 Å². The second kappa shape index (κ2) is 1200. The molecule has 0 N–H and O–H groups in total. The minimum atomic E-state index is 0. The summed E-state index contributed by atoms with van der Waals surface area (Å²) < 4.78 is 0. The summed E-state index contributed by atoms with van der Waals surface area (Å²) >= 11 is 0. The van der Waals surface area contributed by atoms with Gasteiger partial charge in [0, 0.05) is 0 Å². The van der Waals surface area contributed by atoms with Crippen LogP contribution in [-0.2, 0) is 21.1 Å². The monoisotopic (exact) mass is 329 g/mol. The zero-order valence-corrected chi connectivity index (χ0v) is 8.38. The van der Waals surface area contributed by atoms with E-state index in [9.17, 15) is 0 Å². The van der Waals surface area contributed by atoms with Gasteiger partial charge in [0.1, 0.15) is 0 Å². The van der Waals surface area contributed by atoms with E-state index >= 15 is 0 Å². The summed E-state index contributed by atoms with van der Waals surface area (Å²) in [6, 6.07) is 0. The molecule has 0 heterocycles. The zero-order valence-electron chi connectivity index (χ0n) is 6.11. The van der Waals surface area contributed by atoms with E-state index in [2.05, 4.69) is 9.69 Å². The topological polar surface area (TPSA) is 56.3 Å². The van der Waals surface area contributed by atoms with Crippen LogP contribution in [0.15, 0.2) is 0 Å². The smallest absolute Gasteiger partial charge is 0.512 e. The van der Waals surface area contributed by atoms with Gasteiger partial charge in [-0.2, -0.15) is 0 Å². The number of hydrogen-bond acceptors (Lipinski definition) is 2. The minimum absolute atomic E-state index is 0. The van der Waals surface area contributed by atoms with Gasteiger partial charge in [0.2, 0.25) is 14.1 Å². The minimum Gasteiger partial charge on any atom is -0.512 e. The third kappa shape index (κ3) is 209. The van der Waals surface area contributed by atoms with Gasteiger partial charge in [0.15, 0.2) is 0 Å². The van der Waals surface area contributed by atoms with Crippen LogP contribution in [0.2, 0.25) is 0 Å². The van der Waals surface area contributed by atoms with Crippen LogP contribution in [0.1, 0.15) is 0 Å². The fourth-order valence-corrected chi connectivity index (χ4v) is 0. The number of hydrogen-bond donors (Lipinski definition) is 0. The van der Waals surface area contributed by atoms with Crippen LogP contribution < -0.4 is 0 Å². The predicted octanol–water partition coefficient (Wildman–Crippen LogP) is 1.26. The molecule has 0 aliphatic rings. The summed E-state index contributed by atoms with van der Waals surface area (Å²) in [4.78, 5) is 5.50. The molecule has 0 radical (unpaired) electrons. The first-order valence-electron chi connectivity index (χ1n) is 1.79. The molecule has 0 spiro atoms. The van der Waals surface area contributed by atoms with Gasteiger partial charge in [-0.05, 0) is 0 Å². The Labute approximate surface area is 82.0 Å². The van der Waals surface area contributed by atoms with Crippen molar-refractivity contribution in [1.82, 2.24) is 0 Å². The summed E-state index contributed by atoms with van der Waals surface area (Å²) in [5, 5.41) is 12.5. The van der Waals surface area contributed by atoms with Crippen LogP contribution >= 0.6 is 0 Å². The molecule has 0 aliphatic heterocycles. The van der Waals surface area contributed by atoms with E-state index in [0.29, 0.717) is 0 Å². The second-order valence-electron chi connectivity index (χ2n) is 0.447. The average molecular weight is 329 g/mol. The Morgan fingerprint density at radius 2 is 0.818 bits per heavy atom. The van der Waals surface area contributed by atoms with E-state index in [1.54, 1.807) is 0 Å². The third-order valence-electron chi connectivity index (χ3n) is 0. The van der Waals surface area contributed by atoms with E-state index < -0.39 is 0 Å². The van der Waals surface area contributed by atoms with Crippen molar-refractivity contribution in [3.8, 4) is 0 Å². The Bertz CT molecular complexity index is 118. The molecule has 11 heavy (non-hydrogen) atoms. The molecule has 0 aromatic heterocycles. The van der Waals surface area contributed by atoms with Crippen LogP contribution in [0, 0.1) is 36.8 Å². The van der Waals surface area contributed by atoms with Gasteiger partial charge in [-0.15, -0.1) is 0 Å². The normalized spacial score (nSPS) is 1.82. The molecule has 60 valence electrons. The van der Waals surface area contributed by atoms with Gasteiger partial charge in [0.05, 0.1) is 0 Å². The molecule has 0 amide bonds. The van der Waals surface area contributed by atoms with E-state index in [1.165, 1.54) is 14.1 Å². The van der Waals surface area contributed by atoms with Gasteiger partial charge < -0.3 is 33.4 Å². The van der Waals surface area contributed by atoms with Gasteiger partial charge in [0.25, 0.3) is 0 Å². The van der Waals surface area contributed by atoms with E-state index in [4.69, 9.17) is 36.8 Å². The van der Waals surface area contributed by atoms with Crippen molar-refractivity contribution < 1.29 is 21.1 Å². The van der Waals surface area contributed by atoms with Crippen molar-refractivity contribution in [3.63, 3.8) is 0 Å². The molecule has 0 aromatic rings. The molecular weight excluding hydrogens is 323 g/mol. The summed E-state index contributed by atoms with van der Waals surface area (Å²) in [5.41, 5.74) is 0. The van der Waals surface area contributed by atoms with E-state index in [-0.39, 0.29) is 21.1 Å². The maximum atomic E-state index is 6.25. The molecule has 0 fully saturated rings. The molecule has 4 nitrogen and oxygen atoms in total. The molecule has 0 saturated heterocycles. The fraction of sp³-hybridized carbons (Fsp3) is 0.333. The molecule has 0 rings (SSSR count). The molecular formula is C6H6N4Pt. The Morgan fingerprint density at radius 3 is 0.818 bits per heavy atom. The Balaban J connectivity index is -0.0000000144. The largest absolute Gasteiger partial charge is 2.00 e. The van der Waals surface area contributed by atoms with Crippen molar-refractivity contribution in [3.05, 3.63) is 36.0 Å². The van der Waals surface area contributed by atoms with Crippen molar-refractivity contribution in [1.29, 1.82) is 10.5 Å². The maximum Gasteiger partial charge on any atom is 2.00 e. The molecule has 0 aromatic carbocycles. The van der Waals surface area contributed by atoms with Crippen LogP contribution in [0.3, 0.4) is 0 Å². The molecule has 0 saturated carbocycles. The first-order chi connectivity index (χ1) is 4.83. The van der Waals surface area contributed by atoms with Crippen molar-refractivity contribution in [2.45, 2.75) is 0 Å². The molecule has 0 bridgehead atoms. The number of rotatable bonds is 0. The molecule has 5 heteroatoms. The second-order valence-corrected chi connectivity index (χ2v) is 0.447. The van der Waals surface area contributed by atoms with Gasteiger partial charge >= 0.3 is 21.1 Å². The van der Waals surface area contributed by atoms with Crippen molar-refractivity contribution in [2.24, 2.45) is 0 Å². The zero-order chi connectivity index (χ0) is 9.41. The van der Waals surface area contributed by atoms with Gasteiger partial charge in [-0.3, -0.25) is 0 Å². The Kier molecular flexibility index (Phi) is 3650. The predicted molar refractivity (Wildman–Crippen MR) is 35.0 cm³/mol. The van der Waals surface area contributed by atoms with Crippen LogP contribution in [0.5, 0.6) is 0 Å². The van der Waals surface area contributed by atoms with Crippen molar-refractivity contribution >= 4 is 0 Å².